The largest absolute Gasteiger partial charge is 0.379 e. The van der Waals surface area contributed by atoms with E-state index in [2.05, 4.69) is 45.0 Å². The molecule has 1 aromatic carbocycles. The third-order valence-electron chi connectivity index (χ3n) is 4.93. The molecule has 2 aromatic rings. The van der Waals surface area contributed by atoms with Crippen LogP contribution in [0.1, 0.15) is 29.8 Å². The third-order valence-corrected chi connectivity index (χ3v) is 5.90. The van der Waals surface area contributed by atoms with Crippen molar-refractivity contribution in [2.24, 2.45) is 4.99 Å². The van der Waals surface area contributed by atoms with Crippen LogP contribution in [0.2, 0.25) is 0 Å². The van der Waals surface area contributed by atoms with Gasteiger partial charge in [-0.25, -0.2) is 4.99 Å². The van der Waals surface area contributed by atoms with E-state index in [-0.39, 0.29) is 16.7 Å². The number of ether oxygens (including phenoxy) is 1. The average molecular weight is 432 g/mol. The minimum absolute atomic E-state index is 0.0921. The van der Waals surface area contributed by atoms with E-state index in [1.54, 1.807) is 23.5 Å². The first-order chi connectivity index (χ1) is 14.7. The maximum atomic E-state index is 10.8. The number of nitro benzene ring substituents is 1. The molecule has 0 aliphatic carbocycles. The van der Waals surface area contributed by atoms with Gasteiger partial charge in [0.25, 0.3) is 5.69 Å². The van der Waals surface area contributed by atoms with Gasteiger partial charge in [-0.3, -0.25) is 15.0 Å². The molecule has 2 N–H and O–H groups in total. The lowest BCUT2D eigenvalue weighted by molar-refractivity contribution is -0.384. The normalized spacial score (nSPS) is 16.2. The fourth-order valence-corrected chi connectivity index (χ4v) is 4.15. The summed E-state index contributed by atoms with van der Waals surface area (Å²) in [5.74, 6) is 0.755. The van der Waals surface area contributed by atoms with Crippen molar-refractivity contribution < 1.29 is 9.66 Å². The van der Waals surface area contributed by atoms with E-state index in [1.165, 1.54) is 17.0 Å². The predicted octanol–water partition coefficient (Wildman–Crippen LogP) is 3.18. The highest BCUT2D eigenvalue weighted by molar-refractivity contribution is 7.10. The van der Waals surface area contributed by atoms with Crippen molar-refractivity contribution in [2.75, 3.05) is 39.4 Å². The standard InChI is InChI=1S/C21H29N5O3S/c1-2-9-22-21(23-15-17-5-7-18(8-6-17)26(27)28)24-16-19(20-4-3-14-30-20)25-10-12-29-13-11-25/h3-8,14,19H,2,9-13,15-16H2,1H3,(H2,22,23,24). The van der Waals surface area contributed by atoms with Gasteiger partial charge in [-0.15, -0.1) is 11.3 Å². The lowest BCUT2D eigenvalue weighted by Gasteiger charge is -2.34. The minimum Gasteiger partial charge on any atom is -0.379 e. The lowest BCUT2D eigenvalue weighted by atomic mass is 10.2. The van der Waals surface area contributed by atoms with Gasteiger partial charge in [-0.2, -0.15) is 0 Å². The third kappa shape index (κ3) is 6.51. The molecule has 1 saturated heterocycles. The van der Waals surface area contributed by atoms with Gasteiger partial charge in [0.1, 0.15) is 0 Å². The molecule has 162 valence electrons. The number of hydrogen-bond acceptors (Lipinski definition) is 6. The van der Waals surface area contributed by atoms with Crippen LogP contribution < -0.4 is 10.6 Å². The van der Waals surface area contributed by atoms with Crippen LogP contribution in [-0.2, 0) is 11.3 Å². The summed E-state index contributed by atoms with van der Waals surface area (Å²) < 4.78 is 5.52. The van der Waals surface area contributed by atoms with Crippen LogP contribution in [0, 0.1) is 10.1 Å². The topological polar surface area (TPSA) is 92.0 Å². The van der Waals surface area contributed by atoms with Gasteiger partial charge in [-0.1, -0.05) is 25.1 Å². The number of nitrogens with one attached hydrogen (secondary N) is 2. The van der Waals surface area contributed by atoms with Gasteiger partial charge >= 0.3 is 0 Å². The van der Waals surface area contributed by atoms with Crippen LogP contribution in [-0.4, -0.2) is 55.2 Å². The Bertz CT molecular complexity index is 805. The Morgan fingerprint density at radius 1 is 1.27 bits per heavy atom. The molecule has 0 radical (unpaired) electrons. The Hall–Kier alpha value is -2.49. The minimum atomic E-state index is -0.390. The lowest BCUT2D eigenvalue weighted by Crippen LogP contribution is -2.46. The van der Waals surface area contributed by atoms with Crippen molar-refractivity contribution in [3.05, 3.63) is 62.3 Å². The number of rotatable bonds is 9. The highest BCUT2D eigenvalue weighted by Gasteiger charge is 2.23. The van der Waals surface area contributed by atoms with Gasteiger partial charge in [0, 0.05) is 43.2 Å². The molecule has 8 nitrogen and oxygen atoms in total. The molecule has 1 aliphatic rings. The van der Waals surface area contributed by atoms with Crippen molar-refractivity contribution >= 4 is 23.0 Å². The fraction of sp³-hybridized carbons (Fsp3) is 0.476. The summed E-state index contributed by atoms with van der Waals surface area (Å²) in [5.41, 5.74) is 1.02. The average Bonchev–Trinajstić information content (AvgIpc) is 3.31. The van der Waals surface area contributed by atoms with Gasteiger partial charge in [0.2, 0.25) is 0 Å². The molecule has 1 aromatic heterocycles. The van der Waals surface area contributed by atoms with Crippen LogP contribution in [0.25, 0.3) is 0 Å². The molecule has 1 aliphatic heterocycles. The van der Waals surface area contributed by atoms with E-state index >= 15 is 0 Å². The van der Waals surface area contributed by atoms with Crippen LogP contribution >= 0.6 is 11.3 Å². The van der Waals surface area contributed by atoms with Crippen LogP contribution in [0.5, 0.6) is 0 Å². The first-order valence-electron chi connectivity index (χ1n) is 10.3. The molecule has 2 heterocycles. The highest BCUT2D eigenvalue weighted by Crippen LogP contribution is 2.25. The zero-order chi connectivity index (χ0) is 21.2. The van der Waals surface area contributed by atoms with Gasteiger partial charge in [0.15, 0.2) is 5.96 Å². The van der Waals surface area contributed by atoms with Crippen molar-refractivity contribution in [3.63, 3.8) is 0 Å². The second kappa shape index (κ2) is 11.6. The van der Waals surface area contributed by atoms with E-state index in [0.717, 1.165) is 57.3 Å². The highest BCUT2D eigenvalue weighted by atomic mass is 32.1. The Labute approximate surface area is 181 Å². The molecule has 9 heteroatoms. The van der Waals surface area contributed by atoms with Crippen molar-refractivity contribution in [3.8, 4) is 0 Å². The Kier molecular flexibility index (Phi) is 8.61. The molecule has 30 heavy (non-hydrogen) atoms. The van der Waals surface area contributed by atoms with Gasteiger partial charge < -0.3 is 15.4 Å². The number of nitrogens with zero attached hydrogens (tertiary/aromatic N) is 3. The fourth-order valence-electron chi connectivity index (χ4n) is 3.28. The number of guanidine groups is 1. The monoisotopic (exact) mass is 431 g/mol. The predicted molar refractivity (Wildman–Crippen MR) is 120 cm³/mol. The molecule has 0 amide bonds. The number of morpholine rings is 1. The number of hydrogen-bond donors (Lipinski definition) is 2. The number of benzene rings is 1. The first-order valence-corrected chi connectivity index (χ1v) is 11.2. The quantitative estimate of drug-likeness (QED) is 0.274. The Morgan fingerprint density at radius 2 is 2.03 bits per heavy atom. The van der Waals surface area contributed by atoms with E-state index < -0.39 is 0 Å². The molecule has 0 spiro atoms. The van der Waals surface area contributed by atoms with Crippen LogP contribution in [0.3, 0.4) is 0 Å². The second-order valence-corrected chi connectivity index (χ2v) is 8.05. The van der Waals surface area contributed by atoms with Crippen molar-refractivity contribution in [2.45, 2.75) is 25.9 Å². The summed E-state index contributed by atoms with van der Waals surface area (Å²) in [4.78, 5) is 18.9. The summed E-state index contributed by atoms with van der Waals surface area (Å²) >= 11 is 1.77. The smallest absolute Gasteiger partial charge is 0.269 e. The van der Waals surface area contributed by atoms with E-state index in [1.807, 2.05) is 0 Å². The molecule has 1 atom stereocenters. The SMILES string of the molecule is CCCNC(=NCc1ccc([N+](=O)[O-])cc1)NCC(c1cccs1)N1CCOCC1. The van der Waals surface area contributed by atoms with Gasteiger partial charge in [0.05, 0.1) is 30.7 Å². The zero-order valence-electron chi connectivity index (χ0n) is 17.3. The van der Waals surface area contributed by atoms with Crippen LogP contribution in [0.4, 0.5) is 5.69 Å². The Balaban J connectivity index is 1.66. The summed E-state index contributed by atoms with van der Waals surface area (Å²) in [6.45, 7) is 7.50. The van der Waals surface area contributed by atoms with Crippen molar-refractivity contribution in [1.29, 1.82) is 0 Å². The molecule has 0 bridgehead atoms. The molecule has 0 saturated carbocycles. The summed E-state index contributed by atoms with van der Waals surface area (Å²) in [5, 5.41) is 19.8. The van der Waals surface area contributed by atoms with Gasteiger partial charge in [-0.05, 0) is 23.4 Å². The molecule has 3 rings (SSSR count). The summed E-state index contributed by atoms with van der Waals surface area (Å²) in [6.07, 6.45) is 0.996. The first kappa shape index (κ1) is 22.2. The maximum absolute atomic E-state index is 10.8. The van der Waals surface area contributed by atoms with Crippen LogP contribution in [0.15, 0.2) is 46.8 Å². The molecule has 1 unspecified atom stereocenters. The Morgan fingerprint density at radius 3 is 2.67 bits per heavy atom. The van der Waals surface area contributed by atoms with Crippen molar-refractivity contribution in [1.82, 2.24) is 15.5 Å². The maximum Gasteiger partial charge on any atom is 0.269 e. The second-order valence-electron chi connectivity index (χ2n) is 7.08. The number of aliphatic imine (C=N–C) groups is 1. The molecule has 1 fully saturated rings. The number of thiophene rings is 1. The van der Waals surface area contributed by atoms with E-state index in [4.69, 9.17) is 4.74 Å². The summed E-state index contributed by atoms with van der Waals surface area (Å²) in [6, 6.07) is 11.1. The van der Waals surface area contributed by atoms with E-state index in [0.29, 0.717) is 6.54 Å². The zero-order valence-corrected chi connectivity index (χ0v) is 18.1. The molecular weight excluding hydrogens is 402 g/mol. The number of nitro groups is 1. The van der Waals surface area contributed by atoms with E-state index in [9.17, 15) is 10.1 Å². The number of non-ortho nitro benzene ring substituents is 1. The molecular formula is C21H29N5O3S. The summed E-state index contributed by atoms with van der Waals surface area (Å²) in [7, 11) is 0.